The summed E-state index contributed by atoms with van der Waals surface area (Å²) in [6.45, 7) is 0.805. The Morgan fingerprint density at radius 3 is 2.77 bits per heavy atom. The number of fused-ring (bicyclic) bond motifs is 1. The Kier molecular flexibility index (Phi) is 3.17. The van der Waals surface area contributed by atoms with Crippen LogP contribution in [0.1, 0.15) is 36.0 Å². The highest BCUT2D eigenvalue weighted by Crippen LogP contribution is 2.33. The number of ether oxygens (including phenoxy) is 2. The van der Waals surface area contributed by atoms with E-state index in [1.807, 2.05) is 0 Å². The van der Waals surface area contributed by atoms with Gasteiger partial charge in [0.2, 0.25) is 12.7 Å². The first-order valence-corrected chi connectivity index (χ1v) is 7.73. The first-order chi connectivity index (χ1) is 10.7. The van der Waals surface area contributed by atoms with Crippen LogP contribution >= 0.6 is 0 Å². The van der Waals surface area contributed by atoms with E-state index in [0.717, 1.165) is 25.7 Å². The number of carbonyl (C=O) groups is 2. The van der Waals surface area contributed by atoms with Crippen LogP contribution in [0.5, 0.6) is 11.5 Å². The fourth-order valence-electron chi connectivity index (χ4n) is 3.00. The van der Waals surface area contributed by atoms with E-state index >= 15 is 0 Å². The smallest absolute Gasteiger partial charge is 0.254 e. The molecule has 1 aromatic rings. The van der Waals surface area contributed by atoms with Crippen LogP contribution in [0.2, 0.25) is 0 Å². The van der Waals surface area contributed by atoms with Crippen LogP contribution in [0.25, 0.3) is 0 Å². The van der Waals surface area contributed by atoms with E-state index in [0.29, 0.717) is 29.6 Å². The third-order valence-electron chi connectivity index (χ3n) is 4.36. The molecule has 1 aromatic carbocycles. The Morgan fingerprint density at radius 1 is 1.14 bits per heavy atom. The molecule has 0 radical (unpaired) electrons. The lowest BCUT2D eigenvalue weighted by Crippen LogP contribution is -2.46. The summed E-state index contributed by atoms with van der Waals surface area (Å²) < 4.78 is 10.6. The molecule has 0 bridgehead atoms. The van der Waals surface area contributed by atoms with Crippen molar-refractivity contribution in [3.05, 3.63) is 23.8 Å². The first-order valence-electron chi connectivity index (χ1n) is 7.73. The largest absolute Gasteiger partial charge is 0.454 e. The molecule has 2 fully saturated rings. The lowest BCUT2D eigenvalue weighted by molar-refractivity contribution is -0.125. The molecule has 3 aliphatic rings. The minimum atomic E-state index is -0.349. The number of hydrogen-bond donors (Lipinski definition) is 1. The molecule has 1 saturated carbocycles. The average Bonchev–Trinajstić information content (AvgIpc) is 3.05. The fourth-order valence-corrected chi connectivity index (χ4v) is 3.00. The topological polar surface area (TPSA) is 67.9 Å². The molecule has 0 unspecified atom stereocenters. The molecule has 6 nitrogen and oxygen atoms in total. The van der Waals surface area contributed by atoms with Gasteiger partial charge in [0.05, 0.1) is 0 Å². The number of rotatable bonds is 3. The van der Waals surface area contributed by atoms with E-state index < -0.39 is 0 Å². The first kappa shape index (κ1) is 13.4. The summed E-state index contributed by atoms with van der Waals surface area (Å²) >= 11 is 0. The molecule has 116 valence electrons. The highest BCUT2D eigenvalue weighted by atomic mass is 16.7. The van der Waals surface area contributed by atoms with E-state index in [-0.39, 0.29) is 24.6 Å². The lowest BCUT2D eigenvalue weighted by atomic mass is 10.1. The minimum absolute atomic E-state index is 0.0194. The van der Waals surface area contributed by atoms with Crippen molar-refractivity contribution in [2.45, 2.75) is 37.8 Å². The fraction of sp³-hybridized carbons (Fsp3) is 0.500. The van der Waals surface area contributed by atoms with Gasteiger partial charge >= 0.3 is 0 Å². The van der Waals surface area contributed by atoms with E-state index in [2.05, 4.69) is 5.32 Å². The summed E-state index contributed by atoms with van der Waals surface area (Å²) in [5.41, 5.74) is 0.537. The van der Waals surface area contributed by atoms with Crippen molar-refractivity contribution >= 4 is 11.8 Å². The van der Waals surface area contributed by atoms with Crippen molar-refractivity contribution < 1.29 is 19.1 Å². The molecule has 6 heteroatoms. The van der Waals surface area contributed by atoms with Crippen molar-refractivity contribution in [1.82, 2.24) is 10.2 Å². The zero-order chi connectivity index (χ0) is 15.1. The van der Waals surface area contributed by atoms with E-state index in [4.69, 9.17) is 9.47 Å². The second kappa shape index (κ2) is 5.19. The van der Waals surface area contributed by atoms with Gasteiger partial charge in [0, 0.05) is 18.2 Å². The Morgan fingerprint density at radius 2 is 1.95 bits per heavy atom. The summed E-state index contributed by atoms with van der Waals surface area (Å²) in [5.74, 6) is 1.10. The van der Waals surface area contributed by atoms with Crippen molar-refractivity contribution in [1.29, 1.82) is 0 Å². The molecular weight excluding hydrogens is 284 g/mol. The number of nitrogens with zero attached hydrogens (tertiary/aromatic N) is 1. The normalized spacial score (nSPS) is 22.7. The maximum atomic E-state index is 12.7. The van der Waals surface area contributed by atoms with Crippen molar-refractivity contribution in [3.63, 3.8) is 0 Å². The highest BCUT2D eigenvalue weighted by molar-refractivity contribution is 5.98. The number of nitrogens with one attached hydrogen (secondary N) is 1. The summed E-state index contributed by atoms with van der Waals surface area (Å²) in [7, 11) is 0. The molecular formula is C16H18N2O4. The number of hydrogen-bond acceptors (Lipinski definition) is 4. The zero-order valence-electron chi connectivity index (χ0n) is 12.2. The van der Waals surface area contributed by atoms with Gasteiger partial charge in [-0.25, -0.2) is 0 Å². The molecule has 0 aromatic heterocycles. The third kappa shape index (κ3) is 2.38. The van der Waals surface area contributed by atoms with Gasteiger partial charge in [-0.15, -0.1) is 0 Å². The van der Waals surface area contributed by atoms with E-state index in [9.17, 15) is 9.59 Å². The van der Waals surface area contributed by atoms with Crippen LogP contribution in [-0.4, -0.2) is 42.1 Å². The predicted molar refractivity (Wildman–Crippen MR) is 77.8 cm³/mol. The monoisotopic (exact) mass is 302 g/mol. The predicted octanol–water partition coefficient (Wildman–Crippen LogP) is 1.30. The molecule has 2 heterocycles. The van der Waals surface area contributed by atoms with Crippen LogP contribution < -0.4 is 14.8 Å². The average molecular weight is 302 g/mol. The van der Waals surface area contributed by atoms with Gasteiger partial charge in [-0.3, -0.25) is 9.59 Å². The molecule has 0 spiro atoms. The second-order valence-electron chi connectivity index (χ2n) is 6.01. The van der Waals surface area contributed by atoms with Crippen molar-refractivity contribution in [3.8, 4) is 11.5 Å². The maximum Gasteiger partial charge on any atom is 0.254 e. The summed E-state index contributed by atoms with van der Waals surface area (Å²) in [4.78, 5) is 26.7. The van der Waals surface area contributed by atoms with E-state index in [1.165, 1.54) is 0 Å². The van der Waals surface area contributed by atoms with Crippen LogP contribution in [0.3, 0.4) is 0 Å². The van der Waals surface area contributed by atoms with Gasteiger partial charge in [0.1, 0.15) is 6.04 Å². The lowest BCUT2D eigenvalue weighted by Gasteiger charge is -2.24. The quantitative estimate of drug-likeness (QED) is 0.914. The van der Waals surface area contributed by atoms with Gasteiger partial charge in [-0.2, -0.15) is 0 Å². The molecule has 1 N–H and O–H groups in total. The van der Waals surface area contributed by atoms with Crippen LogP contribution in [0.4, 0.5) is 0 Å². The Balaban J connectivity index is 1.52. The number of amides is 2. The molecule has 2 amide bonds. The van der Waals surface area contributed by atoms with Crippen molar-refractivity contribution in [2.24, 2.45) is 0 Å². The Labute approximate surface area is 128 Å². The standard InChI is InChI=1S/C16H18N2O4/c19-15(17-11-4-5-11)12-2-1-7-18(12)16(20)10-3-6-13-14(8-10)22-9-21-13/h3,6,8,11-12H,1-2,4-5,7,9H2,(H,17,19)/t12-/m1/s1. The van der Waals surface area contributed by atoms with Crippen LogP contribution in [0.15, 0.2) is 18.2 Å². The molecule has 1 saturated heterocycles. The number of carbonyl (C=O) groups excluding carboxylic acids is 2. The van der Waals surface area contributed by atoms with Crippen LogP contribution in [-0.2, 0) is 4.79 Å². The SMILES string of the molecule is O=C(NC1CC1)[C@H]1CCCN1C(=O)c1ccc2c(c1)OCO2. The van der Waals surface area contributed by atoms with Gasteiger partial charge in [0.15, 0.2) is 11.5 Å². The molecule has 1 aliphatic carbocycles. The zero-order valence-corrected chi connectivity index (χ0v) is 12.2. The van der Waals surface area contributed by atoms with E-state index in [1.54, 1.807) is 23.1 Å². The van der Waals surface area contributed by atoms with Crippen LogP contribution in [0, 0.1) is 0 Å². The van der Waals surface area contributed by atoms with Gasteiger partial charge in [-0.1, -0.05) is 0 Å². The van der Waals surface area contributed by atoms with Gasteiger partial charge < -0.3 is 19.7 Å². The molecule has 4 rings (SSSR count). The Bertz CT molecular complexity index is 627. The number of likely N-dealkylation sites (tertiary alicyclic amines) is 1. The third-order valence-corrected chi connectivity index (χ3v) is 4.36. The molecule has 2 aliphatic heterocycles. The van der Waals surface area contributed by atoms with Gasteiger partial charge in [0.25, 0.3) is 5.91 Å². The number of benzene rings is 1. The molecule has 22 heavy (non-hydrogen) atoms. The van der Waals surface area contributed by atoms with Gasteiger partial charge in [-0.05, 0) is 43.9 Å². The maximum absolute atomic E-state index is 12.7. The summed E-state index contributed by atoms with van der Waals surface area (Å²) in [5, 5.41) is 3.00. The highest BCUT2D eigenvalue weighted by Gasteiger charge is 2.37. The minimum Gasteiger partial charge on any atom is -0.454 e. The van der Waals surface area contributed by atoms with Crippen molar-refractivity contribution in [2.75, 3.05) is 13.3 Å². The second-order valence-corrected chi connectivity index (χ2v) is 6.01. The summed E-state index contributed by atoms with van der Waals surface area (Å²) in [6.07, 6.45) is 3.69. The Hall–Kier alpha value is -2.24. The molecule has 1 atom stereocenters. The summed E-state index contributed by atoms with van der Waals surface area (Å²) in [6, 6.07) is 5.13.